The molecule has 0 aliphatic carbocycles. The highest BCUT2D eigenvalue weighted by atomic mass is 32.2. The minimum absolute atomic E-state index is 0.279. The van der Waals surface area contributed by atoms with E-state index in [9.17, 15) is 22.9 Å². The van der Waals surface area contributed by atoms with Crippen LogP contribution in [-0.4, -0.2) is 41.9 Å². The van der Waals surface area contributed by atoms with Crippen molar-refractivity contribution in [2.45, 2.75) is 174 Å². The SMILES string of the molecule is CC/C=C\C/C=C\C/C=C\C/C=C\CCCCCCCCCCCCC(=O)NC(CS(=O)(=O)O)C(O)/C=C/CC/C=C/CCCCCC. The average Bonchev–Trinajstić information content (AvgIpc) is 3.05. The molecule has 2 atom stereocenters. The Morgan fingerprint density at radius 2 is 1.02 bits per heavy atom. The molecule has 3 N–H and O–H groups in total. The van der Waals surface area contributed by atoms with E-state index in [1.165, 1.54) is 70.3 Å². The van der Waals surface area contributed by atoms with Crippen LogP contribution in [0.1, 0.15) is 162 Å². The molecule has 48 heavy (non-hydrogen) atoms. The normalized spacial score (nSPS) is 14.2. The zero-order valence-electron chi connectivity index (χ0n) is 30.6. The van der Waals surface area contributed by atoms with Crippen molar-refractivity contribution < 1.29 is 22.9 Å². The van der Waals surface area contributed by atoms with E-state index in [1.807, 2.05) is 0 Å². The first-order valence-electron chi connectivity index (χ1n) is 19.1. The fourth-order valence-corrected chi connectivity index (χ4v) is 6.01. The number of nitrogens with one attached hydrogen (secondary N) is 1. The first-order valence-corrected chi connectivity index (χ1v) is 20.7. The lowest BCUT2D eigenvalue weighted by atomic mass is 10.0. The number of rotatable bonds is 33. The molecule has 0 fully saturated rings. The van der Waals surface area contributed by atoms with Crippen LogP contribution in [-0.2, 0) is 14.9 Å². The Labute approximate surface area is 295 Å². The van der Waals surface area contributed by atoms with Gasteiger partial charge in [-0.3, -0.25) is 9.35 Å². The Balaban J connectivity index is 3.91. The van der Waals surface area contributed by atoms with Crippen LogP contribution in [0.5, 0.6) is 0 Å². The summed E-state index contributed by atoms with van der Waals surface area (Å²) >= 11 is 0. The summed E-state index contributed by atoms with van der Waals surface area (Å²) in [6.07, 6.45) is 49.0. The van der Waals surface area contributed by atoms with Crippen LogP contribution in [0.3, 0.4) is 0 Å². The van der Waals surface area contributed by atoms with E-state index < -0.39 is 28.0 Å². The third kappa shape index (κ3) is 35.1. The van der Waals surface area contributed by atoms with Crippen molar-refractivity contribution in [3.05, 3.63) is 72.9 Å². The fourth-order valence-electron chi connectivity index (χ4n) is 5.28. The smallest absolute Gasteiger partial charge is 0.267 e. The molecule has 0 bridgehead atoms. The summed E-state index contributed by atoms with van der Waals surface area (Å²) in [5, 5.41) is 13.1. The number of aliphatic hydroxyl groups excluding tert-OH is 1. The topological polar surface area (TPSA) is 104 Å². The lowest BCUT2D eigenvalue weighted by Crippen LogP contribution is -2.46. The first-order chi connectivity index (χ1) is 23.3. The van der Waals surface area contributed by atoms with Crippen molar-refractivity contribution in [3.63, 3.8) is 0 Å². The van der Waals surface area contributed by atoms with Crippen molar-refractivity contribution in [2.75, 3.05) is 5.75 Å². The van der Waals surface area contributed by atoms with Crippen LogP contribution < -0.4 is 5.32 Å². The first kappa shape index (κ1) is 45.8. The lowest BCUT2D eigenvalue weighted by Gasteiger charge is -2.21. The summed E-state index contributed by atoms with van der Waals surface area (Å²) in [7, 11) is -4.35. The monoisotopic (exact) mass is 690 g/mol. The zero-order valence-corrected chi connectivity index (χ0v) is 31.4. The minimum Gasteiger partial charge on any atom is -0.387 e. The van der Waals surface area contributed by atoms with Crippen LogP contribution in [0.25, 0.3) is 0 Å². The third-order valence-corrected chi connectivity index (χ3v) is 8.90. The Bertz CT molecular complexity index is 1030. The van der Waals surface area contributed by atoms with Crippen molar-refractivity contribution in [1.82, 2.24) is 5.32 Å². The molecule has 1 amide bonds. The second-order valence-corrected chi connectivity index (χ2v) is 14.3. The van der Waals surface area contributed by atoms with Gasteiger partial charge in [0.1, 0.15) is 0 Å². The number of allylic oxidation sites excluding steroid dienone is 11. The van der Waals surface area contributed by atoms with E-state index in [0.29, 0.717) is 6.42 Å². The molecule has 2 unspecified atom stereocenters. The summed E-state index contributed by atoms with van der Waals surface area (Å²) < 4.78 is 32.3. The Hall–Kier alpha value is -2.22. The van der Waals surface area contributed by atoms with Gasteiger partial charge in [0.05, 0.1) is 17.9 Å². The molecule has 0 aromatic carbocycles. The van der Waals surface area contributed by atoms with Gasteiger partial charge in [0, 0.05) is 6.42 Å². The number of unbranched alkanes of at least 4 members (excludes halogenated alkanes) is 15. The number of hydrogen-bond donors (Lipinski definition) is 3. The molecular formula is C41H71NO5S. The summed E-state index contributed by atoms with van der Waals surface area (Å²) in [4.78, 5) is 12.5. The molecule has 276 valence electrons. The number of carbonyl (C=O) groups excluding carboxylic acids is 1. The van der Waals surface area contributed by atoms with Gasteiger partial charge in [-0.25, -0.2) is 0 Å². The van der Waals surface area contributed by atoms with Gasteiger partial charge in [0.15, 0.2) is 0 Å². The molecule has 6 nitrogen and oxygen atoms in total. The van der Waals surface area contributed by atoms with Crippen LogP contribution in [0.4, 0.5) is 0 Å². The molecule has 0 aliphatic heterocycles. The van der Waals surface area contributed by atoms with E-state index in [-0.39, 0.29) is 12.3 Å². The van der Waals surface area contributed by atoms with Crippen LogP contribution in [0.2, 0.25) is 0 Å². The molecule has 0 aromatic heterocycles. The van der Waals surface area contributed by atoms with E-state index in [1.54, 1.807) is 6.08 Å². The zero-order chi connectivity index (χ0) is 35.4. The standard InChI is InChI=1S/C41H71NO5S/c1-3-5-7-9-11-13-15-16-17-18-19-20-21-22-23-24-25-26-27-29-31-33-35-37-41(44)42-39(38-48(45,46)47)40(43)36-34-32-30-28-14-12-10-8-6-4-2/h5,7,11,13-14,16-17,19-20,28,34,36,39-40,43H,3-4,6,8-10,12,15,18,21-27,29-33,35,37-38H2,1-2H3,(H,42,44)(H,45,46,47)/b7-5-,13-11-,17-16-,20-19-,28-14+,36-34+. The summed E-state index contributed by atoms with van der Waals surface area (Å²) in [6.45, 7) is 4.35. The van der Waals surface area contributed by atoms with E-state index in [4.69, 9.17) is 0 Å². The molecule has 7 heteroatoms. The van der Waals surface area contributed by atoms with Crippen LogP contribution >= 0.6 is 0 Å². The number of carbonyl (C=O) groups is 1. The fraction of sp³-hybridized carbons (Fsp3) is 0.683. The Kier molecular flexibility index (Phi) is 33.0. The molecule has 0 saturated heterocycles. The summed E-state index contributed by atoms with van der Waals surface area (Å²) in [5.74, 6) is -1.01. The maximum Gasteiger partial charge on any atom is 0.267 e. The second kappa shape index (κ2) is 34.6. The maximum absolute atomic E-state index is 12.5. The summed E-state index contributed by atoms with van der Waals surface area (Å²) in [5.41, 5.74) is 0. The minimum atomic E-state index is -4.35. The molecule has 0 heterocycles. The average molecular weight is 690 g/mol. The van der Waals surface area contributed by atoms with Gasteiger partial charge in [-0.05, 0) is 70.6 Å². The van der Waals surface area contributed by atoms with Gasteiger partial charge < -0.3 is 10.4 Å². The Morgan fingerprint density at radius 1 is 0.583 bits per heavy atom. The van der Waals surface area contributed by atoms with Gasteiger partial charge >= 0.3 is 0 Å². The quantitative estimate of drug-likeness (QED) is 0.0361. The van der Waals surface area contributed by atoms with Crippen molar-refractivity contribution in [2.24, 2.45) is 0 Å². The van der Waals surface area contributed by atoms with E-state index in [2.05, 4.69) is 79.9 Å². The van der Waals surface area contributed by atoms with Gasteiger partial charge in [0.2, 0.25) is 5.91 Å². The highest BCUT2D eigenvalue weighted by Crippen LogP contribution is 2.13. The largest absolute Gasteiger partial charge is 0.387 e. The van der Waals surface area contributed by atoms with Crippen molar-refractivity contribution in [3.8, 4) is 0 Å². The molecule has 0 spiro atoms. The molecule has 0 saturated carbocycles. The highest BCUT2D eigenvalue weighted by Gasteiger charge is 2.24. The second-order valence-electron chi connectivity index (χ2n) is 12.8. The number of aliphatic hydroxyl groups is 1. The molecule has 0 radical (unpaired) electrons. The predicted molar refractivity (Wildman–Crippen MR) is 207 cm³/mol. The lowest BCUT2D eigenvalue weighted by molar-refractivity contribution is -0.122. The van der Waals surface area contributed by atoms with Crippen molar-refractivity contribution in [1.29, 1.82) is 0 Å². The van der Waals surface area contributed by atoms with E-state index in [0.717, 1.165) is 70.6 Å². The maximum atomic E-state index is 12.5. The van der Waals surface area contributed by atoms with Gasteiger partial charge in [0.25, 0.3) is 10.1 Å². The van der Waals surface area contributed by atoms with Gasteiger partial charge in [-0.15, -0.1) is 0 Å². The third-order valence-electron chi connectivity index (χ3n) is 8.12. The number of amides is 1. The number of hydrogen-bond acceptors (Lipinski definition) is 4. The molecule has 0 rings (SSSR count). The molecule has 0 aliphatic rings. The van der Waals surface area contributed by atoms with Crippen LogP contribution in [0.15, 0.2) is 72.9 Å². The summed E-state index contributed by atoms with van der Waals surface area (Å²) in [6, 6.07) is -1.08. The van der Waals surface area contributed by atoms with Crippen molar-refractivity contribution >= 4 is 16.0 Å². The van der Waals surface area contributed by atoms with Crippen LogP contribution in [0, 0.1) is 0 Å². The molecule has 0 aromatic rings. The Morgan fingerprint density at radius 3 is 1.56 bits per heavy atom. The van der Waals surface area contributed by atoms with E-state index >= 15 is 0 Å². The van der Waals surface area contributed by atoms with Gasteiger partial charge in [-0.2, -0.15) is 8.42 Å². The van der Waals surface area contributed by atoms with Gasteiger partial charge in [-0.1, -0.05) is 157 Å². The highest BCUT2D eigenvalue weighted by molar-refractivity contribution is 7.85. The predicted octanol–water partition coefficient (Wildman–Crippen LogP) is 11.1. The molecular weight excluding hydrogens is 619 g/mol.